The minimum absolute atomic E-state index is 0.0415. The molecule has 1 heterocycles. The van der Waals surface area contributed by atoms with Crippen molar-refractivity contribution in [1.29, 1.82) is 0 Å². The molecule has 72 valence electrons. The molecule has 0 spiro atoms. The smallest absolute Gasteiger partial charge is 0.254 e. The summed E-state index contributed by atoms with van der Waals surface area (Å²) >= 11 is 0. The number of hydrogen-bond donors (Lipinski definition) is 0. The molecule has 0 aliphatic carbocycles. The van der Waals surface area contributed by atoms with Gasteiger partial charge >= 0.3 is 0 Å². The van der Waals surface area contributed by atoms with Gasteiger partial charge in [0.2, 0.25) is 0 Å². The maximum absolute atomic E-state index is 11.4. The predicted octanol–water partition coefficient (Wildman–Crippen LogP) is 2.82. The first-order chi connectivity index (χ1) is 6.84. The second-order valence-corrected chi connectivity index (χ2v) is 2.70. The summed E-state index contributed by atoms with van der Waals surface area (Å²) in [6.07, 6.45) is 14.2. The molecule has 0 amide bonds. The Labute approximate surface area is 83.9 Å². The van der Waals surface area contributed by atoms with Crippen LogP contribution < -0.4 is 0 Å². The Kier molecular flexibility index (Phi) is 4.21. The van der Waals surface area contributed by atoms with Crippen LogP contribution in [0.5, 0.6) is 0 Å². The maximum Gasteiger partial charge on any atom is 0.254 e. The zero-order valence-electron chi connectivity index (χ0n) is 8.13. The van der Waals surface area contributed by atoms with E-state index in [1.54, 1.807) is 18.5 Å². The average Bonchev–Trinajstić information content (AvgIpc) is 2.70. The molecule has 1 aromatic rings. The van der Waals surface area contributed by atoms with E-state index in [4.69, 9.17) is 0 Å². The minimum atomic E-state index is -0.0415. The standard InChI is InChI=1S/C12H13NO/c1-2-3-4-5-6-9-12(14)13-10-7-8-11-13/h2-11H,1H3/b3-2+,5-4+,9-6+. The quantitative estimate of drug-likeness (QED) is 0.527. The lowest BCUT2D eigenvalue weighted by Crippen LogP contribution is -2.02. The lowest BCUT2D eigenvalue weighted by Gasteiger charge is -1.92. The number of allylic oxidation sites excluding steroid dienone is 6. The molecule has 0 aliphatic rings. The molecule has 0 saturated heterocycles. The van der Waals surface area contributed by atoms with E-state index >= 15 is 0 Å². The molecular weight excluding hydrogens is 174 g/mol. The Balaban J connectivity index is 2.49. The van der Waals surface area contributed by atoms with E-state index in [-0.39, 0.29) is 5.91 Å². The Morgan fingerprint density at radius 3 is 2.36 bits per heavy atom. The van der Waals surface area contributed by atoms with Gasteiger partial charge < -0.3 is 0 Å². The first-order valence-corrected chi connectivity index (χ1v) is 4.48. The van der Waals surface area contributed by atoms with Crippen molar-refractivity contribution in [1.82, 2.24) is 4.57 Å². The highest BCUT2D eigenvalue weighted by atomic mass is 16.1. The molecule has 14 heavy (non-hydrogen) atoms. The van der Waals surface area contributed by atoms with Crippen molar-refractivity contribution < 1.29 is 4.79 Å². The highest BCUT2D eigenvalue weighted by Gasteiger charge is 1.94. The third-order valence-corrected chi connectivity index (χ3v) is 1.62. The van der Waals surface area contributed by atoms with E-state index in [0.29, 0.717) is 0 Å². The molecule has 0 atom stereocenters. The summed E-state index contributed by atoms with van der Waals surface area (Å²) in [5.74, 6) is -0.0415. The van der Waals surface area contributed by atoms with E-state index in [1.165, 1.54) is 10.6 Å². The highest BCUT2D eigenvalue weighted by Crippen LogP contribution is 1.91. The van der Waals surface area contributed by atoms with Crippen molar-refractivity contribution >= 4 is 5.91 Å². The van der Waals surface area contributed by atoms with Gasteiger partial charge in [0.05, 0.1) is 0 Å². The summed E-state index contributed by atoms with van der Waals surface area (Å²) in [5, 5.41) is 0. The Bertz CT molecular complexity index is 356. The first-order valence-electron chi connectivity index (χ1n) is 4.48. The number of nitrogens with zero attached hydrogens (tertiary/aromatic N) is 1. The topological polar surface area (TPSA) is 22.0 Å². The van der Waals surface area contributed by atoms with Crippen LogP contribution in [-0.2, 0) is 0 Å². The monoisotopic (exact) mass is 187 g/mol. The fourth-order valence-corrected chi connectivity index (χ4v) is 0.945. The Hall–Kier alpha value is -1.83. The van der Waals surface area contributed by atoms with Crippen molar-refractivity contribution in [2.24, 2.45) is 0 Å². The van der Waals surface area contributed by atoms with Gasteiger partial charge in [0.15, 0.2) is 0 Å². The van der Waals surface area contributed by atoms with Crippen LogP contribution in [0.25, 0.3) is 0 Å². The first kappa shape index (κ1) is 10.3. The van der Waals surface area contributed by atoms with Gasteiger partial charge in [-0.15, -0.1) is 0 Å². The largest absolute Gasteiger partial charge is 0.291 e. The summed E-state index contributed by atoms with van der Waals surface area (Å²) in [7, 11) is 0. The molecule has 0 bridgehead atoms. The van der Waals surface area contributed by atoms with Crippen LogP contribution in [0.2, 0.25) is 0 Å². The number of rotatable bonds is 3. The van der Waals surface area contributed by atoms with Crippen molar-refractivity contribution in [3.63, 3.8) is 0 Å². The van der Waals surface area contributed by atoms with Gasteiger partial charge in [-0.25, -0.2) is 0 Å². The Morgan fingerprint density at radius 1 is 1.07 bits per heavy atom. The van der Waals surface area contributed by atoms with E-state index < -0.39 is 0 Å². The van der Waals surface area contributed by atoms with Gasteiger partial charge in [0.1, 0.15) is 0 Å². The normalized spacial score (nSPS) is 12.1. The summed E-state index contributed by atoms with van der Waals surface area (Å²) < 4.78 is 1.53. The van der Waals surface area contributed by atoms with Gasteiger partial charge in [0.25, 0.3) is 5.91 Å². The van der Waals surface area contributed by atoms with Crippen LogP contribution in [0.15, 0.2) is 61.0 Å². The SMILES string of the molecule is C/C=C/C=C/C=C/C(=O)n1cccc1. The van der Waals surface area contributed by atoms with Gasteiger partial charge in [-0.05, 0) is 19.1 Å². The maximum atomic E-state index is 11.4. The third kappa shape index (κ3) is 3.27. The number of carbonyl (C=O) groups excluding carboxylic acids is 1. The minimum Gasteiger partial charge on any atom is -0.291 e. The second-order valence-electron chi connectivity index (χ2n) is 2.70. The summed E-state index contributed by atoms with van der Waals surface area (Å²) in [6, 6.07) is 3.64. The summed E-state index contributed by atoms with van der Waals surface area (Å²) in [4.78, 5) is 11.4. The molecule has 0 radical (unpaired) electrons. The van der Waals surface area contributed by atoms with E-state index in [1.807, 2.05) is 43.4 Å². The van der Waals surface area contributed by atoms with Crippen LogP contribution in [0.4, 0.5) is 0 Å². The molecule has 0 aliphatic heterocycles. The number of aromatic nitrogens is 1. The predicted molar refractivity (Wildman–Crippen MR) is 58.2 cm³/mol. The van der Waals surface area contributed by atoms with E-state index in [0.717, 1.165) is 0 Å². The van der Waals surface area contributed by atoms with Crippen LogP contribution in [-0.4, -0.2) is 10.5 Å². The van der Waals surface area contributed by atoms with Gasteiger partial charge in [-0.2, -0.15) is 0 Å². The molecule has 0 aromatic carbocycles. The molecule has 0 N–H and O–H groups in total. The van der Waals surface area contributed by atoms with Crippen LogP contribution in [0, 0.1) is 0 Å². The average molecular weight is 187 g/mol. The van der Waals surface area contributed by atoms with E-state index in [9.17, 15) is 4.79 Å². The molecule has 2 nitrogen and oxygen atoms in total. The number of hydrogen-bond acceptors (Lipinski definition) is 1. The van der Waals surface area contributed by atoms with Gasteiger partial charge in [-0.1, -0.05) is 30.4 Å². The van der Waals surface area contributed by atoms with Crippen molar-refractivity contribution in [2.75, 3.05) is 0 Å². The summed E-state index contributed by atoms with van der Waals surface area (Å²) in [5.41, 5.74) is 0. The zero-order chi connectivity index (χ0) is 10.2. The Morgan fingerprint density at radius 2 is 1.71 bits per heavy atom. The zero-order valence-corrected chi connectivity index (χ0v) is 8.13. The lowest BCUT2D eigenvalue weighted by atomic mass is 10.4. The fourth-order valence-electron chi connectivity index (χ4n) is 0.945. The van der Waals surface area contributed by atoms with Crippen molar-refractivity contribution in [2.45, 2.75) is 6.92 Å². The van der Waals surface area contributed by atoms with E-state index in [2.05, 4.69) is 0 Å². The van der Waals surface area contributed by atoms with Crippen LogP contribution in [0.3, 0.4) is 0 Å². The molecule has 0 unspecified atom stereocenters. The summed E-state index contributed by atoms with van der Waals surface area (Å²) in [6.45, 7) is 1.94. The molecule has 2 heteroatoms. The van der Waals surface area contributed by atoms with Crippen LogP contribution in [0.1, 0.15) is 11.7 Å². The van der Waals surface area contributed by atoms with Crippen molar-refractivity contribution in [3.05, 3.63) is 61.0 Å². The van der Waals surface area contributed by atoms with Crippen molar-refractivity contribution in [3.8, 4) is 0 Å². The fraction of sp³-hybridized carbons (Fsp3) is 0.0833. The third-order valence-electron chi connectivity index (χ3n) is 1.62. The molecular formula is C12H13NO. The van der Waals surface area contributed by atoms with Gasteiger partial charge in [-0.3, -0.25) is 9.36 Å². The molecule has 0 saturated carbocycles. The second kappa shape index (κ2) is 5.75. The number of carbonyl (C=O) groups is 1. The molecule has 1 aromatic heterocycles. The highest BCUT2D eigenvalue weighted by molar-refractivity contribution is 5.90. The van der Waals surface area contributed by atoms with Crippen LogP contribution >= 0.6 is 0 Å². The molecule has 1 rings (SSSR count). The van der Waals surface area contributed by atoms with Gasteiger partial charge in [0, 0.05) is 18.5 Å². The lowest BCUT2D eigenvalue weighted by molar-refractivity contribution is 0.0969. The molecule has 0 fully saturated rings.